The molecule has 0 aliphatic carbocycles. The quantitative estimate of drug-likeness (QED) is 0.623. The van der Waals surface area contributed by atoms with Gasteiger partial charge in [0.2, 0.25) is 0 Å². The predicted molar refractivity (Wildman–Crippen MR) is 56.2 cm³/mol. The van der Waals surface area contributed by atoms with Gasteiger partial charge in [0.1, 0.15) is 0 Å². The molecule has 12 heavy (non-hydrogen) atoms. The molecule has 0 aromatic heterocycles. The Morgan fingerprint density at radius 1 is 1.17 bits per heavy atom. The van der Waals surface area contributed by atoms with Gasteiger partial charge in [-0.3, -0.25) is 0 Å². The highest BCUT2D eigenvalue weighted by Gasteiger charge is 2.05. The Morgan fingerprint density at radius 3 is 1.58 bits per heavy atom. The summed E-state index contributed by atoms with van der Waals surface area (Å²) in [5, 5.41) is 0. The Labute approximate surface area is 77.7 Å². The van der Waals surface area contributed by atoms with Gasteiger partial charge in [0.05, 0.1) is 27.7 Å². The third-order valence-corrected chi connectivity index (χ3v) is 1.22. The molecule has 0 aromatic rings. The van der Waals surface area contributed by atoms with E-state index in [4.69, 9.17) is 5.73 Å². The van der Waals surface area contributed by atoms with Crippen molar-refractivity contribution in [2.75, 3.05) is 54.9 Å². The SMILES string of the molecule is CCN.CN(C)CC[N+](C)(C)C. The van der Waals surface area contributed by atoms with Gasteiger partial charge in [-0.25, -0.2) is 0 Å². The van der Waals surface area contributed by atoms with E-state index < -0.39 is 0 Å². The molecule has 0 rings (SSSR count). The molecule has 0 heterocycles. The molecule has 76 valence electrons. The molecule has 0 saturated carbocycles. The van der Waals surface area contributed by atoms with Gasteiger partial charge in [0.25, 0.3) is 0 Å². The number of quaternary nitrogens is 1. The third-order valence-electron chi connectivity index (χ3n) is 1.22. The van der Waals surface area contributed by atoms with Crippen LogP contribution in [0, 0.1) is 0 Å². The molecule has 0 bridgehead atoms. The highest BCUT2D eigenvalue weighted by atomic mass is 15.3. The number of nitrogens with two attached hydrogens (primary N) is 1. The molecule has 0 saturated heterocycles. The van der Waals surface area contributed by atoms with Gasteiger partial charge in [-0.15, -0.1) is 0 Å². The Hall–Kier alpha value is -0.120. The molecule has 0 spiro atoms. The summed E-state index contributed by atoms with van der Waals surface area (Å²) in [5.74, 6) is 0. The highest BCUT2D eigenvalue weighted by Crippen LogP contribution is 1.88. The average Bonchev–Trinajstić information content (AvgIpc) is 1.84. The first-order chi connectivity index (χ1) is 5.33. The molecule has 0 radical (unpaired) electrons. The van der Waals surface area contributed by atoms with Gasteiger partial charge in [0.15, 0.2) is 0 Å². The lowest BCUT2D eigenvalue weighted by Gasteiger charge is -2.25. The first kappa shape index (κ1) is 14.4. The number of likely N-dealkylation sites (N-methyl/N-ethyl adjacent to an activating group) is 2. The molecular formula is C9H26N3+. The van der Waals surface area contributed by atoms with Crippen molar-refractivity contribution in [3.63, 3.8) is 0 Å². The molecule has 2 N–H and O–H groups in total. The summed E-state index contributed by atoms with van der Waals surface area (Å²) >= 11 is 0. The molecule has 0 amide bonds. The average molecular weight is 176 g/mol. The summed E-state index contributed by atoms with van der Waals surface area (Å²) < 4.78 is 1.05. The van der Waals surface area contributed by atoms with E-state index in [2.05, 4.69) is 40.1 Å². The van der Waals surface area contributed by atoms with E-state index in [1.165, 1.54) is 13.1 Å². The Kier molecular flexibility index (Phi) is 9.03. The summed E-state index contributed by atoms with van der Waals surface area (Å²) in [5.41, 5.74) is 4.85. The highest BCUT2D eigenvalue weighted by molar-refractivity contribution is 4.38. The van der Waals surface area contributed by atoms with Crippen molar-refractivity contribution in [3.05, 3.63) is 0 Å². The fourth-order valence-electron chi connectivity index (χ4n) is 0.500. The lowest BCUT2D eigenvalue weighted by Crippen LogP contribution is -2.40. The minimum atomic E-state index is 0.750. The number of nitrogens with zero attached hydrogens (tertiary/aromatic N) is 2. The lowest BCUT2D eigenvalue weighted by atomic mass is 10.5. The molecular weight excluding hydrogens is 150 g/mol. The summed E-state index contributed by atoms with van der Waals surface area (Å²) in [4.78, 5) is 2.21. The van der Waals surface area contributed by atoms with Crippen molar-refractivity contribution in [1.82, 2.24) is 4.90 Å². The zero-order valence-electron chi connectivity index (χ0n) is 9.59. The van der Waals surface area contributed by atoms with Crippen LogP contribution in [0.25, 0.3) is 0 Å². The molecule has 0 atom stereocenters. The van der Waals surface area contributed by atoms with Crippen LogP contribution in [-0.4, -0.2) is 64.3 Å². The van der Waals surface area contributed by atoms with Crippen molar-refractivity contribution < 1.29 is 4.48 Å². The van der Waals surface area contributed by atoms with Crippen LogP contribution in [0.5, 0.6) is 0 Å². The van der Waals surface area contributed by atoms with E-state index in [0.717, 1.165) is 11.0 Å². The summed E-state index contributed by atoms with van der Waals surface area (Å²) in [7, 11) is 10.8. The molecule has 0 fully saturated rings. The Morgan fingerprint density at radius 2 is 1.50 bits per heavy atom. The fraction of sp³-hybridized carbons (Fsp3) is 1.00. The van der Waals surface area contributed by atoms with E-state index in [9.17, 15) is 0 Å². The van der Waals surface area contributed by atoms with Gasteiger partial charge in [-0.1, -0.05) is 6.92 Å². The van der Waals surface area contributed by atoms with E-state index in [-0.39, 0.29) is 0 Å². The minimum Gasteiger partial charge on any atom is -0.331 e. The van der Waals surface area contributed by atoms with Crippen molar-refractivity contribution >= 4 is 0 Å². The maximum atomic E-state index is 4.85. The van der Waals surface area contributed by atoms with Gasteiger partial charge in [0, 0.05) is 6.54 Å². The summed E-state index contributed by atoms with van der Waals surface area (Å²) in [6.07, 6.45) is 0. The van der Waals surface area contributed by atoms with E-state index in [0.29, 0.717) is 0 Å². The second kappa shape index (κ2) is 7.53. The molecule has 0 aromatic carbocycles. The van der Waals surface area contributed by atoms with E-state index >= 15 is 0 Å². The van der Waals surface area contributed by atoms with Crippen LogP contribution in [-0.2, 0) is 0 Å². The van der Waals surface area contributed by atoms with Crippen molar-refractivity contribution in [2.24, 2.45) is 5.73 Å². The largest absolute Gasteiger partial charge is 0.331 e. The first-order valence-corrected chi connectivity index (χ1v) is 4.48. The molecule has 3 heteroatoms. The van der Waals surface area contributed by atoms with Crippen molar-refractivity contribution in [2.45, 2.75) is 6.92 Å². The summed E-state index contributed by atoms with van der Waals surface area (Å²) in [6, 6.07) is 0. The van der Waals surface area contributed by atoms with Crippen molar-refractivity contribution in [1.29, 1.82) is 0 Å². The Bertz CT molecular complexity index is 84.3. The minimum absolute atomic E-state index is 0.750. The van der Waals surface area contributed by atoms with E-state index in [1.54, 1.807) is 0 Å². The van der Waals surface area contributed by atoms with Crippen molar-refractivity contribution in [3.8, 4) is 0 Å². The van der Waals surface area contributed by atoms with Gasteiger partial charge in [-0.05, 0) is 20.6 Å². The zero-order valence-corrected chi connectivity index (χ0v) is 9.59. The van der Waals surface area contributed by atoms with Crippen LogP contribution >= 0.6 is 0 Å². The van der Waals surface area contributed by atoms with Crippen LogP contribution in [0.1, 0.15) is 6.92 Å². The molecule has 0 unspecified atom stereocenters. The van der Waals surface area contributed by atoms with Gasteiger partial charge < -0.3 is 15.1 Å². The monoisotopic (exact) mass is 176 g/mol. The number of hydrogen-bond donors (Lipinski definition) is 1. The topological polar surface area (TPSA) is 29.3 Å². The molecule has 0 aliphatic heterocycles. The predicted octanol–water partition coefficient (Wildman–Crippen LogP) is 0.219. The lowest BCUT2D eigenvalue weighted by molar-refractivity contribution is -0.869. The number of hydrogen-bond acceptors (Lipinski definition) is 2. The van der Waals surface area contributed by atoms with Gasteiger partial charge in [-0.2, -0.15) is 0 Å². The molecule has 0 aliphatic rings. The number of rotatable bonds is 3. The molecule has 3 nitrogen and oxygen atoms in total. The smallest absolute Gasteiger partial charge is 0.0909 e. The maximum absolute atomic E-state index is 4.85. The summed E-state index contributed by atoms with van der Waals surface area (Å²) in [6.45, 7) is 5.04. The third kappa shape index (κ3) is 22.5. The van der Waals surface area contributed by atoms with Gasteiger partial charge >= 0.3 is 0 Å². The normalized spacial score (nSPS) is 11.0. The Balaban J connectivity index is 0. The van der Waals surface area contributed by atoms with Crippen LogP contribution in [0.3, 0.4) is 0 Å². The van der Waals surface area contributed by atoms with Crippen LogP contribution in [0.4, 0.5) is 0 Å². The second-order valence-corrected chi connectivity index (χ2v) is 4.23. The maximum Gasteiger partial charge on any atom is 0.0909 e. The standard InChI is InChI=1S/C7H19N2.C2H7N/c1-8(2)6-7-9(3,4)5;1-2-3/h6-7H2,1-5H3;2-3H2,1H3/q+1;. The first-order valence-electron chi connectivity index (χ1n) is 4.48. The zero-order chi connectivity index (χ0) is 10.2. The fourth-order valence-corrected chi connectivity index (χ4v) is 0.500. The van der Waals surface area contributed by atoms with E-state index in [1.807, 2.05) is 6.92 Å². The second-order valence-electron chi connectivity index (χ2n) is 4.23. The van der Waals surface area contributed by atoms with Crippen LogP contribution in [0.2, 0.25) is 0 Å². The van der Waals surface area contributed by atoms with Crippen LogP contribution in [0.15, 0.2) is 0 Å². The van der Waals surface area contributed by atoms with Crippen LogP contribution < -0.4 is 5.73 Å².